The number of nitrogens with zero attached hydrogens (tertiary/aromatic N) is 2. The van der Waals surface area contributed by atoms with Crippen molar-refractivity contribution in [1.29, 1.82) is 0 Å². The van der Waals surface area contributed by atoms with Crippen LogP contribution >= 0.6 is 23.4 Å². The average molecular weight is 261 g/mol. The standard InChI is InChI=1S/C13H9ClN2S/c1-2-7-17-13-15-8-11(9-16-13)10-3-5-12(14)6-4-10/h1,3-6,8-9H,7H2. The van der Waals surface area contributed by atoms with Gasteiger partial charge in [-0.05, 0) is 17.7 Å². The zero-order valence-corrected chi connectivity index (χ0v) is 10.5. The van der Waals surface area contributed by atoms with Crippen molar-refractivity contribution in [2.24, 2.45) is 0 Å². The topological polar surface area (TPSA) is 25.8 Å². The van der Waals surface area contributed by atoms with Gasteiger partial charge in [0.25, 0.3) is 0 Å². The first-order valence-electron chi connectivity index (χ1n) is 4.94. The molecule has 0 saturated carbocycles. The Labute approximate surface area is 109 Å². The molecule has 1 aromatic carbocycles. The molecule has 17 heavy (non-hydrogen) atoms. The summed E-state index contributed by atoms with van der Waals surface area (Å²) in [6, 6.07) is 7.57. The second-order valence-electron chi connectivity index (χ2n) is 3.25. The summed E-state index contributed by atoms with van der Waals surface area (Å²) in [5, 5.41) is 1.41. The highest BCUT2D eigenvalue weighted by Gasteiger charge is 2.00. The number of hydrogen-bond donors (Lipinski definition) is 0. The van der Waals surface area contributed by atoms with Gasteiger partial charge in [0.05, 0.1) is 5.75 Å². The number of thioether (sulfide) groups is 1. The molecule has 0 bridgehead atoms. The van der Waals surface area contributed by atoms with E-state index in [1.54, 1.807) is 12.4 Å². The molecule has 0 amide bonds. The number of terminal acetylenes is 1. The van der Waals surface area contributed by atoms with Crippen LogP contribution in [0.2, 0.25) is 5.02 Å². The minimum Gasteiger partial charge on any atom is -0.230 e. The number of halogens is 1. The maximum atomic E-state index is 5.83. The highest BCUT2D eigenvalue weighted by atomic mass is 35.5. The summed E-state index contributed by atoms with van der Waals surface area (Å²) < 4.78 is 0. The van der Waals surface area contributed by atoms with Crippen molar-refractivity contribution < 1.29 is 0 Å². The van der Waals surface area contributed by atoms with E-state index in [0.29, 0.717) is 10.9 Å². The van der Waals surface area contributed by atoms with Crippen molar-refractivity contribution in [3.05, 3.63) is 41.7 Å². The van der Waals surface area contributed by atoms with Crippen LogP contribution in [-0.2, 0) is 0 Å². The molecule has 84 valence electrons. The van der Waals surface area contributed by atoms with Gasteiger partial charge >= 0.3 is 0 Å². The van der Waals surface area contributed by atoms with Crippen LogP contribution in [0.3, 0.4) is 0 Å². The van der Waals surface area contributed by atoms with Gasteiger partial charge in [0.2, 0.25) is 0 Å². The third kappa shape index (κ3) is 3.23. The van der Waals surface area contributed by atoms with Crippen LogP contribution in [0.5, 0.6) is 0 Å². The largest absolute Gasteiger partial charge is 0.230 e. The molecule has 0 unspecified atom stereocenters. The van der Waals surface area contributed by atoms with E-state index in [2.05, 4.69) is 15.9 Å². The van der Waals surface area contributed by atoms with Gasteiger partial charge in [-0.3, -0.25) is 0 Å². The molecule has 0 aliphatic rings. The molecule has 1 heterocycles. The minimum absolute atomic E-state index is 0.584. The van der Waals surface area contributed by atoms with E-state index in [-0.39, 0.29) is 0 Å². The van der Waals surface area contributed by atoms with Gasteiger partial charge in [-0.1, -0.05) is 41.4 Å². The molecular weight excluding hydrogens is 252 g/mol. The van der Waals surface area contributed by atoms with Crippen molar-refractivity contribution >= 4 is 23.4 Å². The van der Waals surface area contributed by atoms with Crippen LogP contribution in [0.25, 0.3) is 11.1 Å². The molecule has 0 fully saturated rings. The van der Waals surface area contributed by atoms with Crippen LogP contribution < -0.4 is 0 Å². The molecule has 0 aliphatic carbocycles. The summed E-state index contributed by atoms with van der Waals surface area (Å²) >= 11 is 7.28. The van der Waals surface area contributed by atoms with Crippen LogP contribution in [-0.4, -0.2) is 15.7 Å². The Morgan fingerprint density at radius 1 is 1.12 bits per heavy atom. The Balaban J connectivity index is 2.18. The lowest BCUT2D eigenvalue weighted by Crippen LogP contribution is -1.88. The molecule has 2 aromatic rings. The van der Waals surface area contributed by atoms with Gasteiger partial charge in [0, 0.05) is 23.0 Å². The fourth-order valence-corrected chi connectivity index (χ4v) is 1.88. The van der Waals surface area contributed by atoms with E-state index in [0.717, 1.165) is 16.1 Å². The molecule has 0 atom stereocenters. The van der Waals surface area contributed by atoms with Crippen molar-refractivity contribution in [2.75, 3.05) is 5.75 Å². The SMILES string of the molecule is C#CCSc1ncc(-c2ccc(Cl)cc2)cn1. The monoisotopic (exact) mass is 260 g/mol. The third-order valence-corrected chi connectivity index (χ3v) is 3.12. The van der Waals surface area contributed by atoms with Crippen molar-refractivity contribution in [3.8, 4) is 23.5 Å². The predicted molar refractivity (Wildman–Crippen MR) is 72.0 cm³/mol. The van der Waals surface area contributed by atoms with Gasteiger partial charge in [0.15, 0.2) is 5.16 Å². The van der Waals surface area contributed by atoms with Gasteiger partial charge in [-0.25, -0.2) is 9.97 Å². The minimum atomic E-state index is 0.584. The lowest BCUT2D eigenvalue weighted by Gasteiger charge is -2.01. The molecular formula is C13H9ClN2S. The van der Waals surface area contributed by atoms with E-state index in [1.165, 1.54) is 11.8 Å². The quantitative estimate of drug-likeness (QED) is 0.480. The second kappa shape index (κ2) is 5.72. The van der Waals surface area contributed by atoms with Crippen molar-refractivity contribution in [2.45, 2.75) is 5.16 Å². The fraction of sp³-hybridized carbons (Fsp3) is 0.0769. The van der Waals surface area contributed by atoms with Gasteiger partial charge in [-0.2, -0.15) is 0 Å². The normalized spacial score (nSPS) is 9.88. The lowest BCUT2D eigenvalue weighted by atomic mass is 10.1. The number of aromatic nitrogens is 2. The third-order valence-electron chi connectivity index (χ3n) is 2.09. The molecule has 0 spiro atoms. The lowest BCUT2D eigenvalue weighted by molar-refractivity contribution is 0.972. The molecule has 0 saturated heterocycles. The Hall–Kier alpha value is -1.50. The number of hydrogen-bond acceptors (Lipinski definition) is 3. The maximum absolute atomic E-state index is 5.83. The molecule has 0 radical (unpaired) electrons. The highest BCUT2D eigenvalue weighted by molar-refractivity contribution is 7.99. The van der Waals surface area contributed by atoms with E-state index >= 15 is 0 Å². The molecule has 4 heteroatoms. The molecule has 0 N–H and O–H groups in total. The van der Waals surface area contributed by atoms with E-state index in [4.69, 9.17) is 18.0 Å². The van der Waals surface area contributed by atoms with E-state index in [1.807, 2.05) is 24.3 Å². The first-order chi connectivity index (χ1) is 8.29. The van der Waals surface area contributed by atoms with Gasteiger partial charge < -0.3 is 0 Å². The Bertz CT molecular complexity index is 529. The summed E-state index contributed by atoms with van der Waals surface area (Å²) in [5.41, 5.74) is 2.01. The van der Waals surface area contributed by atoms with Gasteiger partial charge in [0.1, 0.15) is 0 Å². The van der Waals surface area contributed by atoms with E-state index in [9.17, 15) is 0 Å². The molecule has 2 nitrogen and oxygen atoms in total. The van der Waals surface area contributed by atoms with Crippen LogP contribution in [0.15, 0.2) is 41.8 Å². The molecule has 0 aliphatic heterocycles. The smallest absolute Gasteiger partial charge is 0.188 e. The molecule has 1 aromatic heterocycles. The van der Waals surface area contributed by atoms with Crippen molar-refractivity contribution in [1.82, 2.24) is 9.97 Å². The summed E-state index contributed by atoms with van der Waals surface area (Å²) in [6.45, 7) is 0. The zero-order valence-electron chi connectivity index (χ0n) is 8.93. The van der Waals surface area contributed by atoms with Crippen LogP contribution in [0, 0.1) is 12.3 Å². The number of rotatable bonds is 3. The second-order valence-corrected chi connectivity index (χ2v) is 4.63. The molecule has 2 rings (SSSR count). The predicted octanol–water partition coefficient (Wildman–Crippen LogP) is 3.52. The van der Waals surface area contributed by atoms with E-state index < -0.39 is 0 Å². The Morgan fingerprint density at radius 2 is 1.76 bits per heavy atom. The van der Waals surface area contributed by atoms with Gasteiger partial charge in [-0.15, -0.1) is 6.42 Å². The summed E-state index contributed by atoms with van der Waals surface area (Å²) in [6.07, 6.45) is 8.75. The summed E-state index contributed by atoms with van der Waals surface area (Å²) in [7, 11) is 0. The summed E-state index contributed by atoms with van der Waals surface area (Å²) in [4.78, 5) is 8.48. The fourth-order valence-electron chi connectivity index (χ4n) is 1.29. The maximum Gasteiger partial charge on any atom is 0.188 e. The highest BCUT2D eigenvalue weighted by Crippen LogP contribution is 2.21. The summed E-state index contributed by atoms with van der Waals surface area (Å²) in [5.74, 6) is 3.12. The van der Waals surface area contributed by atoms with Crippen LogP contribution in [0.1, 0.15) is 0 Å². The van der Waals surface area contributed by atoms with Crippen LogP contribution in [0.4, 0.5) is 0 Å². The first kappa shape index (κ1) is 12.0. The number of benzene rings is 1. The van der Waals surface area contributed by atoms with Crippen molar-refractivity contribution in [3.63, 3.8) is 0 Å². The zero-order chi connectivity index (χ0) is 12.1. The first-order valence-corrected chi connectivity index (χ1v) is 6.30. The Morgan fingerprint density at radius 3 is 2.35 bits per heavy atom. The Kier molecular flexibility index (Phi) is 4.03. The average Bonchev–Trinajstić information content (AvgIpc) is 2.38.